The molecule has 0 atom stereocenters. The molecular formula is C18H15Cl2N3O2S. The molecule has 5 nitrogen and oxygen atoms in total. The van der Waals surface area contributed by atoms with Gasteiger partial charge in [0.05, 0.1) is 16.6 Å². The molecule has 1 N–H and O–H groups in total. The zero-order valence-corrected chi connectivity index (χ0v) is 16.2. The molecule has 0 aliphatic carbocycles. The first-order valence-corrected chi connectivity index (χ1v) is 9.34. The summed E-state index contributed by atoms with van der Waals surface area (Å²) in [6.45, 7) is 2.47. The van der Waals surface area contributed by atoms with Gasteiger partial charge in [0.15, 0.2) is 0 Å². The van der Waals surface area contributed by atoms with E-state index in [1.54, 1.807) is 42.1 Å². The lowest BCUT2D eigenvalue weighted by Gasteiger charge is -2.07. The van der Waals surface area contributed by atoms with Gasteiger partial charge in [-0.05, 0) is 42.3 Å². The number of pyridine rings is 1. The van der Waals surface area contributed by atoms with Crippen molar-refractivity contribution < 1.29 is 4.79 Å². The highest BCUT2D eigenvalue weighted by atomic mass is 35.5. The van der Waals surface area contributed by atoms with E-state index in [0.717, 1.165) is 22.5 Å². The van der Waals surface area contributed by atoms with E-state index in [0.29, 0.717) is 33.7 Å². The van der Waals surface area contributed by atoms with Crippen molar-refractivity contribution in [3.63, 3.8) is 0 Å². The van der Waals surface area contributed by atoms with Crippen molar-refractivity contribution in [3.8, 4) is 0 Å². The number of benzene rings is 1. The Bertz CT molecular complexity index is 999. The normalized spacial score (nSPS) is 10.7. The molecule has 0 aliphatic heterocycles. The summed E-state index contributed by atoms with van der Waals surface area (Å²) in [6, 6.07) is 8.85. The molecule has 0 radical (unpaired) electrons. The van der Waals surface area contributed by atoms with Crippen molar-refractivity contribution >= 4 is 40.4 Å². The molecule has 3 rings (SSSR count). The minimum Gasteiger partial charge on any atom is -0.347 e. The summed E-state index contributed by atoms with van der Waals surface area (Å²) in [5.74, 6) is -0.288. The standard InChI is InChI=1S/C18H15Cl2N3O2S/c1-11-16(17(24)22-9-13-2-3-14(19)15(20)8-13)26-18(25)23(11)10-12-4-6-21-7-5-12/h2-8H,9-10H2,1H3,(H,22,24). The second kappa shape index (κ2) is 8.03. The number of nitrogens with zero attached hydrogens (tertiary/aromatic N) is 2. The number of carbonyl (C=O) groups is 1. The summed E-state index contributed by atoms with van der Waals surface area (Å²) < 4.78 is 1.59. The lowest BCUT2D eigenvalue weighted by Crippen LogP contribution is -2.23. The van der Waals surface area contributed by atoms with Gasteiger partial charge in [0.2, 0.25) is 0 Å². The molecule has 0 unspecified atom stereocenters. The van der Waals surface area contributed by atoms with Gasteiger partial charge in [-0.2, -0.15) is 0 Å². The number of aromatic nitrogens is 2. The molecule has 2 heterocycles. The molecule has 3 aromatic rings. The van der Waals surface area contributed by atoms with Crippen LogP contribution in [0.15, 0.2) is 47.5 Å². The number of carbonyl (C=O) groups excluding carboxylic acids is 1. The van der Waals surface area contributed by atoms with E-state index in [4.69, 9.17) is 23.2 Å². The van der Waals surface area contributed by atoms with Crippen molar-refractivity contribution in [1.82, 2.24) is 14.9 Å². The van der Waals surface area contributed by atoms with Crippen LogP contribution in [0.2, 0.25) is 10.0 Å². The third-order valence-electron chi connectivity index (χ3n) is 3.88. The molecule has 0 aliphatic rings. The number of rotatable bonds is 5. The fraction of sp³-hybridized carbons (Fsp3) is 0.167. The highest BCUT2D eigenvalue weighted by molar-refractivity contribution is 7.11. The number of hydrogen-bond donors (Lipinski definition) is 1. The lowest BCUT2D eigenvalue weighted by molar-refractivity contribution is 0.0954. The first-order chi connectivity index (χ1) is 12.5. The fourth-order valence-corrected chi connectivity index (χ4v) is 3.68. The quantitative estimate of drug-likeness (QED) is 0.697. The van der Waals surface area contributed by atoms with Crippen LogP contribution in [0.1, 0.15) is 26.5 Å². The van der Waals surface area contributed by atoms with Crippen LogP contribution in [0.4, 0.5) is 0 Å². The average molecular weight is 408 g/mol. The maximum absolute atomic E-state index is 12.5. The van der Waals surface area contributed by atoms with Crippen LogP contribution in [0, 0.1) is 6.92 Å². The first kappa shape index (κ1) is 18.6. The molecule has 0 bridgehead atoms. The van der Waals surface area contributed by atoms with Crippen LogP contribution in [-0.2, 0) is 13.1 Å². The third-order valence-corrected chi connectivity index (χ3v) is 5.70. The molecule has 0 saturated carbocycles. The van der Waals surface area contributed by atoms with Crippen LogP contribution in [0.5, 0.6) is 0 Å². The van der Waals surface area contributed by atoms with Crippen molar-refractivity contribution in [2.24, 2.45) is 0 Å². The smallest absolute Gasteiger partial charge is 0.308 e. The number of thiazole rings is 1. The van der Waals surface area contributed by atoms with E-state index in [-0.39, 0.29) is 10.8 Å². The molecule has 134 valence electrons. The predicted molar refractivity (Wildman–Crippen MR) is 104 cm³/mol. The maximum atomic E-state index is 12.5. The van der Waals surface area contributed by atoms with E-state index >= 15 is 0 Å². The van der Waals surface area contributed by atoms with E-state index in [9.17, 15) is 9.59 Å². The van der Waals surface area contributed by atoms with Gasteiger partial charge in [0.1, 0.15) is 4.88 Å². The number of halogens is 2. The minimum absolute atomic E-state index is 0.168. The van der Waals surface area contributed by atoms with Crippen LogP contribution < -0.4 is 10.2 Å². The Balaban J connectivity index is 1.74. The molecule has 0 fully saturated rings. The highest BCUT2D eigenvalue weighted by Gasteiger charge is 2.17. The topological polar surface area (TPSA) is 64.0 Å². The minimum atomic E-state index is -0.288. The van der Waals surface area contributed by atoms with Gasteiger partial charge in [-0.1, -0.05) is 40.6 Å². The summed E-state index contributed by atoms with van der Waals surface area (Å²) >= 11 is 12.8. The summed E-state index contributed by atoms with van der Waals surface area (Å²) in [7, 11) is 0. The zero-order chi connectivity index (χ0) is 18.7. The Morgan fingerprint density at radius 3 is 2.58 bits per heavy atom. The summed E-state index contributed by atoms with van der Waals surface area (Å²) in [6.07, 6.45) is 3.35. The second-order valence-corrected chi connectivity index (χ2v) is 7.43. The summed E-state index contributed by atoms with van der Waals surface area (Å²) in [5.41, 5.74) is 2.42. The molecule has 1 amide bonds. The van der Waals surface area contributed by atoms with E-state index in [1.165, 1.54) is 0 Å². The highest BCUT2D eigenvalue weighted by Crippen LogP contribution is 2.22. The van der Waals surface area contributed by atoms with Crippen LogP contribution in [0.3, 0.4) is 0 Å². The monoisotopic (exact) mass is 407 g/mol. The number of nitrogens with one attached hydrogen (secondary N) is 1. The fourth-order valence-electron chi connectivity index (χ4n) is 2.45. The summed E-state index contributed by atoms with van der Waals surface area (Å²) in [5, 5.41) is 3.71. The Morgan fingerprint density at radius 2 is 1.88 bits per heavy atom. The van der Waals surface area contributed by atoms with E-state index in [1.807, 2.05) is 12.1 Å². The van der Waals surface area contributed by atoms with E-state index < -0.39 is 0 Å². The van der Waals surface area contributed by atoms with Crippen molar-refractivity contribution in [3.05, 3.63) is 84.1 Å². The summed E-state index contributed by atoms with van der Waals surface area (Å²) in [4.78, 5) is 29.0. The second-order valence-electron chi connectivity index (χ2n) is 5.66. The largest absolute Gasteiger partial charge is 0.347 e. The lowest BCUT2D eigenvalue weighted by atomic mass is 10.2. The molecule has 1 aromatic carbocycles. The van der Waals surface area contributed by atoms with Crippen molar-refractivity contribution in [1.29, 1.82) is 0 Å². The molecule has 2 aromatic heterocycles. The predicted octanol–water partition coefficient (Wildman–Crippen LogP) is 3.90. The Morgan fingerprint density at radius 1 is 1.15 bits per heavy atom. The first-order valence-electron chi connectivity index (χ1n) is 7.77. The van der Waals surface area contributed by atoms with Crippen LogP contribution in [-0.4, -0.2) is 15.5 Å². The SMILES string of the molecule is Cc1c(C(=O)NCc2ccc(Cl)c(Cl)c2)sc(=O)n1Cc1ccncc1. The van der Waals surface area contributed by atoms with Crippen molar-refractivity contribution in [2.75, 3.05) is 0 Å². The van der Waals surface area contributed by atoms with Gasteiger partial charge >= 0.3 is 4.87 Å². The van der Waals surface area contributed by atoms with Crippen LogP contribution >= 0.6 is 34.5 Å². The Kier molecular flexibility index (Phi) is 5.76. The Hall–Kier alpha value is -2.15. The number of amides is 1. The van der Waals surface area contributed by atoms with E-state index in [2.05, 4.69) is 10.3 Å². The average Bonchev–Trinajstić information content (AvgIpc) is 2.91. The molecule has 8 heteroatoms. The number of hydrogen-bond acceptors (Lipinski definition) is 4. The van der Waals surface area contributed by atoms with Gasteiger partial charge in [-0.3, -0.25) is 19.1 Å². The van der Waals surface area contributed by atoms with Gasteiger partial charge in [0, 0.05) is 24.6 Å². The molecular weight excluding hydrogens is 393 g/mol. The molecule has 0 saturated heterocycles. The van der Waals surface area contributed by atoms with Gasteiger partial charge < -0.3 is 5.32 Å². The molecule has 26 heavy (non-hydrogen) atoms. The zero-order valence-electron chi connectivity index (χ0n) is 13.8. The van der Waals surface area contributed by atoms with Gasteiger partial charge in [-0.15, -0.1) is 0 Å². The van der Waals surface area contributed by atoms with Crippen molar-refractivity contribution in [2.45, 2.75) is 20.0 Å². The van der Waals surface area contributed by atoms with Crippen LogP contribution in [0.25, 0.3) is 0 Å². The van der Waals surface area contributed by atoms with Gasteiger partial charge in [-0.25, -0.2) is 0 Å². The van der Waals surface area contributed by atoms with Gasteiger partial charge in [0.25, 0.3) is 5.91 Å². The molecule has 0 spiro atoms. The third kappa shape index (κ3) is 4.15. The Labute approximate surface area is 164 Å². The maximum Gasteiger partial charge on any atom is 0.308 e.